The first-order valence-corrected chi connectivity index (χ1v) is 3.86. The minimum atomic E-state index is -0.234. The quantitative estimate of drug-likeness (QED) is 0.480. The fourth-order valence-corrected chi connectivity index (χ4v) is 1.83. The highest BCUT2D eigenvalue weighted by Crippen LogP contribution is 2.31. The van der Waals surface area contributed by atoms with Crippen molar-refractivity contribution < 1.29 is 9.84 Å². The highest BCUT2D eigenvalue weighted by molar-refractivity contribution is 4.98. The van der Waals surface area contributed by atoms with Crippen molar-refractivity contribution in [1.82, 2.24) is 5.32 Å². The van der Waals surface area contributed by atoms with Crippen LogP contribution in [0.3, 0.4) is 0 Å². The first-order valence-electron chi connectivity index (χ1n) is 3.86. The van der Waals surface area contributed by atoms with Crippen molar-refractivity contribution in [2.45, 2.75) is 24.5 Å². The van der Waals surface area contributed by atoms with Crippen LogP contribution in [0.25, 0.3) is 0 Å². The third-order valence-electron chi connectivity index (χ3n) is 2.54. The van der Waals surface area contributed by atoms with E-state index in [1.165, 1.54) is 0 Å². The molecule has 0 bridgehead atoms. The van der Waals surface area contributed by atoms with Crippen LogP contribution < -0.4 is 5.32 Å². The van der Waals surface area contributed by atoms with E-state index in [0.29, 0.717) is 0 Å². The van der Waals surface area contributed by atoms with Crippen molar-refractivity contribution in [3.8, 4) is 0 Å². The van der Waals surface area contributed by atoms with Crippen molar-refractivity contribution in [1.29, 1.82) is 0 Å². The molecule has 2 saturated heterocycles. The Balaban J connectivity index is 2.11. The summed E-state index contributed by atoms with van der Waals surface area (Å²) in [6, 6.07) is 0. The average molecular weight is 143 g/mol. The van der Waals surface area contributed by atoms with Crippen molar-refractivity contribution in [2.75, 3.05) is 19.7 Å². The molecule has 58 valence electrons. The molecular weight excluding hydrogens is 130 g/mol. The van der Waals surface area contributed by atoms with Crippen LogP contribution in [0.2, 0.25) is 0 Å². The van der Waals surface area contributed by atoms with Gasteiger partial charge in [0.1, 0.15) is 5.60 Å². The number of hydrogen-bond acceptors (Lipinski definition) is 3. The van der Waals surface area contributed by atoms with Gasteiger partial charge in [-0.2, -0.15) is 0 Å². The second kappa shape index (κ2) is 2.19. The summed E-state index contributed by atoms with van der Waals surface area (Å²) < 4.78 is 5.50. The summed E-state index contributed by atoms with van der Waals surface area (Å²) in [6.45, 7) is 2.54. The van der Waals surface area contributed by atoms with Gasteiger partial charge in [0.05, 0.1) is 12.7 Å². The Morgan fingerprint density at radius 3 is 3.00 bits per heavy atom. The summed E-state index contributed by atoms with van der Waals surface area (Å²) >= 11 is 0. The molecule has 2 aliphatic heterocycles. The molecule has 3 nitrogen and oxygen atoms in total. The minimum absolute atomic E-state index is 0.208. The van der Waals surface area contributed by atoms with Gasteiger partial charge in [-0.15, -0.1) is 0 Å². The van der Waals surface area contributed by atoms with Gasteiger partial charge in [-0.3, -0.25) is 0 Å². The van der Waals surface area contributed by atoms with E-state index in [1.54, 1.807) is 0 Å². The van der Waals surface area contributed by atoms with Crippen molar-refractivity contribution in [3.05, 3.63) is 0 Å². The van der Waals surface area contributed by atoms with Gasteiger partial charge >= 0.3 is 0 Å². The molecule has 0 unspecified atom stereocenters. The van der Waals surface area contributed by atoms with Crippen LogP contribution in [0.1, 0.15) is 12.8 Å². The summed E-state index contributed by atoms with van der Waals surface area (Å²) in [7, 11) is 0. The van der Waals surface area contributed by atoms with E-state index in [2.05, 4.69) is 5.32 Å². The second-order valence-electron chi connectivity index (χ2n) is 3.14. The van der Waals surface area contributed by atoms with Crippen LogP contribution in [0.4, 0.5) is 0 Å². The summed E-state index contributed by atoms with van der Waals surface area (Å²) in [5.74, 6) is 0. The fourth-order valence-electron chi connectivity index (χ4n) is 1.83. The van der Waals surface area contributed by atoms with Crippen LogP contribution in [0.5, 0.6) is 0 Å². The fraction of sp³-hybridized carbons (Fsp3) is 1.00. The van der Waals surface area contributed by atoms with Gasteiger partial charge in [-0.25, -0.2) is 0 Å². The molecule has 0 radical (unpaired) electrons. The normalized spacial score (nSPS) is 47.1. The van der Waals surface area contributed by atoms with E-state index in [9.17, 15) is 5.11 Å². The number of nitrogens with one attached hydrogen (secondary N) is 1. The maximum atomic E-state index is 9.51. The Kier molecular flexibility index (Phi) is 1.44. The smallest absolute Gasteiger partial charge is 0.108 e. The lowest BCUT2D eigenvalue weighted by Gasteiger charge is -2.24. The zero-order chi connectivity index (χ0) is 7.03. The molecular formula is C7H13NO2. The molecule has 0 saturated carbocycles. The third-order valence-corrected chi connectivity index (χ3v) is 2.54. The molecule has 0 aromatic heterocycles. The second-order valence-corrected chi connectivity index (χ2v) is 3.14. The van der Waals surface area contributed by atoms with Crippen LogP contribution >= 0.6 is 0 Å². The van der Waals surface area contributed by atoms with E-state index in [4.69, 9.17) is 4.74 Å². The Morgan fingerprint density at radius 2 is 2.50 bits per heavy atom. The van der Waals surface area contributed by atoms with E-state index in [1.807, 2.05) is 0 Å². The van der Waals surface area contributed by atoms with Gasteiger partial charge in [-0.1, -0.05) is 0 Å². The molecule has 10 heavy (non-hydrogen) atoms. The van der Waals surface area contributed by atoms with E-state index >= 15 is 0 Å². The molecule has 0 aliphatic carbocycles. The van der Waals surface area contributed by atoms with Crippen molar-refractivity contribution in [3.63, 3.8) is 0 Å². The van der Waals surface area contributed by atoms with Gasteiger partial charge in [0.2, 0.25) is 0 Å². The molecule has 3 heteroatoms. The van der Waals surface area contributed by atoms with Gasteiger partial charge in [0.15, 0.2) is 0 Å². The summed E-state index contributed by atoms with van der Waals surface area (Å²) in [5, 5.41) is 12.7. The average Bonchev–Trinajstić information content (AvgIpc) is 2.48. The number of aliphatic hydroxyl groups is 1. The Morgan fingerprint density at radius 1 is 1.60 bits per heavy atom. The molecule has 0 amide bonds. The van der Waals surface area contributed by atoms with Crippen LogP contribution in [0, 0.1) is 0 Å². The lowest BCUT2D eigenvalue weighted by molar-refractivity contribution is -0.0418. The minimum Gasteiger partial charge on any atom is -0.390 e. The molecule has 2 rings (SSSR count). The molecule has 1 spiro atoms. The number of hydrogen-bond donors (Lipinski definition) is 2. The van der Waals surface area contributed by atoms with Gasteiger partial charge in [0.25, 0.3) is 0 Å². The summed E-state index contributed by atoms with van der Waals surface area (Å²) in [6.07, 6.45) is 1.54. The highest BCUT2D eigenvalue weighted by atomic mass is 16.5. The van der Waals surface area contributed by atoms with Crippen LogP contribution in [-0.4, -0.2) is 36.5 Å². The largest absolute Gasteiger partial charge is 0.390 e. The molecule has 2 heterocycles. The molecule has 2 N–H and O–H groups in total. The first kappa shape index (κ1) is 6.58. The van der Waals surface area contributed by atoms with E-state index in [0.717, 1.165) is 32.5 Å². The lowest BCUT2D eigenvalue weighted by atomic mass is 9.96. The maximum absolute atomic E-state index is 9.51. The number of rotatable bonds is 0. The predicted molar refractivity (Wildman–Crippen MR) is 36.8 cm³/mol. The lowest BCUT2D eigenvalue weighted by Crippen LogP contribution is -2.41. The predicted octanol–water partition coefficient (Wildman–Crippen LogP) is -0.500. The Bertz CT molecular complexity index is 126. The van der Waals surface area contributed by atoms with Gasteiger partial charge < -0.3 is 15.2 Å². The molecule has 2 atom stereocenters. The summed E-state index contributed by atoms with van der Waals surface area (Å²) in [4.78, 5) is 0. The van der Waals surface area contributed by atoms with E-state index in [-0.39, 0.29) is 11.7 Å². The SMILES string of the molecule is O[C@H]1CCO[C@]12CCNC2. The highest BCUT2D eigenvalue weighted by Gasteiger charge is 2.45. The maximum Gasteiger partial charge on any atom is 0.108 e. The topological polar surface area (TPSA) is 41.5 Å². The van der Waals surface area contributed by atoms with Crippen molar-refractivity contribution in [2.24, 2.45) is 0 Å². The van der Waals surface area contributed by atoms with Crippen LogP contribution in [-0.2, 0) is 4.74 Å². The zero-order valence-corrected chi connectivity index (χ0v) is 5.97. The number of ether oxygens (including phenoxy) is 1. The van der Waals surface area contributed by atoms with Crippen molar-refractivity contribution >= 4 is 0 Å². The molecule has 0 aromatic rings. The Labute approximate surface area is 60.4 Å². The number of aliphatic hydroxyl groups excluding tert-OH is 1. The monoisotopic (exact) mass is 143 g/mol. The molecule has 2 aliphatic rings. The van der Waals surface area contributed by atoms with Crippen LogP contribution in [0.15, 0.2) is 0 Å². The molecule has 0 aromatic carbocycles. The standard InChI is InChI=1S/C7H13NO2/c9-6-1-4-10-7(6)2-3-8-5-7/h6,8-9H,1-5H2/t6-,7-/m0/s1. The molecule has 2 fully saturated rings. The third kappa shape index (κ3) is 0.779. The zero-order valence-electron chi connectivity index (χ0n) is 5.97. The van der Waals surface area contributed by atoms with Gasteiger partial charge in [0, 0.05) is 6.54 Å². The summed E-state index contributed by atoms with van der Waals surface area (Å²) in [5.41, 5.74) is -0.208. The Hall–Kier alpha value is -0.120. The van der Waals surface area contributed by atoms with Gasteiger partial charge in [-0.05, 0) is 19.4 Å². The van der Waals surface area contributed by atoms with E-state index < -0.39 is 0 Å². The first-order chi connectivity index (χ1) is 4.83.